The van der Waals surface area contributed by atoms with Crippen LogP contribution in [0.3, 0.4) is 0 Å². The van der Waals surface area contributed by atoms with Crippen molar-refractivity contribution in [3.05, 3.63) is 18.3 Å². The van der Waals surface area contributed by atoms with Crippen molar-refractivity contribution in [3.8, 4) is 11.4 Å². The van der Waals surface area contributed by atoms with E-state index in [-0.39, 0.29) is 0 Å². The highest BCUT2D eigenvalue weighted by Gasteiger charge is 2.31. The normalized spacial score (nSPS) is 23.7. The van der Waals surface area contributed by atoms with Crippen LogP contribution in [0.5, 0.6) is 0 Å². The molecular formula is C12H17N5O. The summed E-state index contributed by atoms with van der Waals surface area (Å²) in [5, 5.41) is 11.5. The van der Waals surface area contributed by atoms with E-state index in [1.165, 1.54) is 12.8 Å². The van der Waals surface area contributed by atoms with Gasteiger partial charge in [-0.3, -0.25) is 4.68 Å². The lowest BCUT2D eigenvalue weighted by atomic mass is 10.0. The van der Waals surface area contributed by atoms with E-state index in [2.05, 4.69) is 20.6 Å². The standard InChI is InChI=1S/C12H17N5O/c1-13-10-5-3-4-9(10)12-15-11(16-18-12)8-6-14-17(2)7-8/h6-7,9-10,13H,3-5H2,1-2H3. The Morgan fingerprint density at radius 3 is 3.06 bits per heavy atom. The van der Waals surface area contributed by atoms with Crippen molar-refractivity contribution < 1.29 is 4.52 Å². The van der Waals surface area contributed by atoms with Gasteiger partial charge >= 0.3 is 0 Å². The SMILES string of the molecule is CNC1CCCC1c1nc(-c2cnn(C)c2)no1. The van der Waals surface area contributed by atoms with E-state index in [4.69, 9.17) is 4.52 Å². The van der Waals surface area contributed by atoms with Gasteiger partial charge in [0.25, 0.3) is 0 Å². The third-order valence-electron chi connectivity index (χ3n) is 3.61. The van der Waals surface area contributed by atoms with E-state index in [1.54, 1.807) is 10.9 Å². The maximum Gasteiger partial charge on any atom is 0.231 e. The second-order valence-corrected chi connectivity index (χ2v) is 4.79. The molecule has 2 atom stereocenters. The van der Waals surface area contributed by atoms with E-state index >= 15 is 0 Å². The van der Waals surface area contributed by atoms with E-state index < -0.39 is 0 Å². The molecule has 0 amide bonds. The zero-order valence-corrected chi connectivity index (χ0v) is 10.6. The Labute approximate surface area is 105 Å². The summed E-state index contributed by atoms with van der Waals surface area (Å²) in [6.45, 7) is 0. The molecule has 0 aromatic carbocycles. The Bertz CT molecular complexity index is 532. The molecule has 1 aliphatic rings. The number of likely N-dealkylation sites (N-methyl/N-ethyl adjacent to an activating group) is 1. The fourth-order valence-corrected chi connectivity index (χ4v) is 2.64. The fraction of sp³-hybridized carbons (Fsp3) is 0.583. The molecule has 2 aromatic rings. The maximum absolute atomic E-state index is 5.41. The maximum atomic E-state index is 5.41. The molecular weight excluding hydrogens is 230 g/mol. The molecule has 0 saturated heterocycles. The lowest BCUT2D eigenvalue weighted by molar-refractivity contribution is 0.335. The summed E-state index contributed by atoms with van der Waals surface area (Å²) in [6.07, 6.45) is 7.13. The van der Waals surface area contributed by atoms with Gasteiger partial charge in [-0.2, -0.15) is 10.1 Å². The predicted octanol–water partition coefficient (Wildman–Crippen LogP) is 1.33. The van der Waals surface area contributed by atoms with Gasteiger partial charge in [-0.1, -0.05) is 11.6 Å². The van der Waals surface area contributed by atoms with Crippen LogP contribution in [0.25, 0.3) is 11.4 Å². The van der Waals surface area contributed by atoms with Crippen LogP contribution < -0.4 is 5.32 Å². The first kappa shape index (κ1) is 11.4. The first-order valence-electron chi connectivity index (χ1n) is 6.28. The van der Waals surface area contributed by atoms with Crippen LogP contribution in [0.1, 0.15) is 31.1 Å². The molecule has 2 aromatic heterocycles. The van der Waals surface area contributed by atoms with E-state index in [0.29, 0.717) is 17.8 Å². The third kappa shape index (κ3) is 1.92. The van der Waals surface area contributed by atoms with Crippen LogP contribution in [-0.4, -0.2) is 33.0 Å². The van der Waals surface area contributed by atoms with E-state index in [1.807, 2.05) is 20.3 Å². The molecule has 6 nitrogen and oxygen atoms in total. The summed E-state index contributed by atoms with van der Waals surface area (Å²) in [7, 11) is 3.86. The second kappa shape index (κ2) is 4.53. The molecule has 3 rings (SSSR count). The molecule has 1 saturated carbocycles. The molecule has 0 bridgehead atoms. The number of nitrogens with one attached hydrogen (secondary N) is 1. The zero-order valence-electron chi connectivity index (χ0n) is 10.6. The Morgan fingerprint density at radius 2 is 2.33 bits per heavy atom. The Kier molecular flexibility index (Phi) is 2.87. The van der Waals surface area contributed by atoms with Crippen LogP contribution in [0.4, 0.5) is 0 Å². The number of nitrogens with zero attached hydrogens (tertiary/aromatic N) is 4. The molecule has 96 valence electrons. The van der Waals surface area contributed by atoms with Crippen molar-refractivity contribution in [1.29, 1.82) is 0 Å². The average molecular weight is 247 g/mol. The quantitative estimate of drug-likeness (QED) is 0.886. The number of rotatable bonds is 3. The molecule has 2 heterocycles. The zero-order chi connectivity index (χ0) is 12.5. The second-order valence-electron chi connectivity index (χ2n) is 4.79. The average Bonchev–Trinajstić information content (AvgIpc) is 3.07. The summed E-state index contributed by atoms with van der Waals surface area (Å²) in [5.41, 5.74) is 0.895. The number of hydrogen-bond donors (Lipinski definition) is 1. The Hall–Kier alpha value is -1.69. The van der Waals surface area contributed by atoms with Gasteiger partial charge in [0.15, 0.2) is 0 Å². The molecule has 0 radical (unpaired) electrons. The van der Waals surface area contributed by atoms with Crippen molar-refractivity contribution in [2.24, 2.45) is 7.05 Å². The minimum atomic E-state index is 0.341. The predicted molar refractivity (Wildman–Crippen MR) is 65.9 cm³/mol. The first-order valence-corrected chi connectivity index (χ1v) is 6.28. The molecule has 1 aliphatic carbocycles. The summed E-state index contributed by atoms with van der Waals surface area (Å²) in [6, 6.07) is 0.451. The van der Waals surface area contributed by atoms with E-state index in [0.717, 1.165) is 17.9 Å². The van der Waals surface area contributed by atoms with Gasteiger partial charge in [0.1, 0.15) is 0 Å². The van der Waals surface area contributed by atoms with Crippen molar-refractivity contribution in [2.75, 3.05) is 7.05 Å². The molecule has 18 heavy (non-hydrogen) atoms. The van der Waals surface area contributed by atoms with Gasteiger partial charge in [-0.05, 0) is 19.9 Å². The van der Waals surface area contributed by atoms with Crippen molar-refractivity contribution in [1.82, 2.24) is 25.2 Å². The van der Waals surface area contributed by atoms with Crippen LogP contribution in [0.15, 0.2) is 16.9 Å². The molecule has 1 N–H and O–H groups in total. The Balaban J connectivity index is 1.85. The van der Waals surface area contributed by atoms with E-state index in [9.17, 15) is 0 Å². The van der Waals surface area contributed by atoms with Gasteiger partial charge in [0.05, 0.1) is 17.7 Å². The lowest BCUT2D eigenvalue weighted by Crippen LogP contribution is -2.27. The highest BCUT2D eigenvalue weighted by molar-refractivity contribution is 5.51. The molecule has 2 unspecified atom stereocenters. The summed E-state index contributed by atoms with van der Waals surface area (Å²) in [4.78, 5) is 4.50. The fourth-order valence-electron chi connectivity index (χ4n) is 2.64. The minimum absolute atomic E-state index is 0.341. The summed E-state index contributed by atoms with van der Waals surface area (Å²) >= 11 is 0. The lowest BCUT2D eigenvalue weighted by Gasteiger charge is -2.14. The van der Waals surface area contributed by atoms with Gasteiger partial charge in [-0.25, -0.2) is 0 Å². The molecule has 0 aliphatic heterocycles. The molecule has 0 spiro atoms. The van der Waals surface area contributed by atoms with Gasteiger partial charge in [0, 0.05) is 19.3 Å². The highest BCUT2D eigenvalue weighted by atomic mass is 16.5. The van der Waals surface area contributed by atoms with Gasteiger partial charge < -0.3 is 9.84 Å². The Morgan fingerprint density at radius 1 is 1.44 bits per heavy atom. The van der Waals surface area contributed by atoms with Crippen molar-refractivity contribution in [3.63, 3.8) is 0 Å². The highest BCUT2D eigenvalue weighted by Crippen LogP contribution is 2.34. The largest absolute Gasteiger partial charge is 0.339 e. The van der Waals surface area contributed by atoms with Crippen LogP contribution >= 0.6 is 0 Å². The third-order valence-corrected chi connectivity index (χ3v) is 3.61. The minimum Gasteiger partial charge on any atom is -0.339 e. The van der Waals surface area contributed by atoms with Gasteiger partial charge in [-0.15, -0.1) is 0 Å². The summed E-state index contributed by atoms with van der Waals surface area (Å²) < 4.78 is 7.14. The number of aromatic nitrogens is 4. The molecule has 6 heteroatoms. The number of hydrogen-bond acceptors (Lipinski definition) is 5. The van der Waals surface area contributed by atoms with Crippen LogP contribution in [0, 0.1) is 0 Å². The van der Waals surface area contributed by atoms with Crippen LogP contribution in [-0.2, 0) is 7.05 Å². The number of aryl methyl sites for hydroxylation is 1. The monoisotopic (exact) mass is 247 g/mol. The van der Waals surface area contributed by atoms with Gasteiger partial charge in [0.2, 0.25) is 11.7 Å². The smallest absolute Gasteiger partial charge is 0.231 e. The van der Waals surface area contributed by atoms with Crippen LogP contribution in [0.2, 0.25) is 0 Å². The molecule has 1 fully saturated rings. The topological polar surface area (TPSA) is 68.8 Å². The van der Waals surface area contributed by atoms with Crippen molar-refractivity contribution in [2.45, 2.75) is 31.2 Å². The summed E-state index contributed by atoms with van der Waals surface area (Å²) in [5.74, 6) is 1.71. The first-order chi connectivity index (χ1) is 8.78. The van der Waals surface area contributed by atoms with Crippen molar-refractivity contribution >= 4 is 0 Å².